The monoisotopic (exact) mass is 334 g/mol. The lowest BCUT2D eigenvalue weighted by molar-refractivity contribution is -0.127. The first-order valence-electron chi connectivity index (χ1n) is 7.09. The van der Waals surface area contributed by atoms with Gasteiger partial charge in [0.1, 0.15) is 0 Å². The molecule has 7 heteroatoms. The predicted octanol–water partition coefficient (Wildman–Crippen LogP) is 2.89. The van der Waals surface area contributed by atoms with Crippen LogP contribution in [-0.2, 0) is 4.79 Å². The third kappa shape index (κ3) is 4.52. The fourth-order valence-corrected chi connectivity index (χ4v) is 1.81. The fourth-order valence-electron chi connectivity index (χ4n) is 1.81. The minimum atomic E-state index is -0.952. The maximum atomic E-state index is 13.5. The number of hydrogen-bond donors (Lipinski definition) is 1. The van der Waals surface area contributed by atoms with Gasteiger partial charge >= 0.3 is 0 Å². The van der Waals surface area contributed by atoms with E-state index >= 15 is 0 Å². The molecule has 0 saturated heterocycles. The molecule has 2 aromatic carbocycles. The van der Waals surface area contributed by atoms with Crippen molar-refractivity contribution >= 4 is 12.1 Å². The van der Waals surface area contributed by atoms with Gasteiger partial charge in [-0.05, 0) is 42.8 Å². The van der Waals surface area contributed by atoms with Gasteiger partial charge in [0.25, 0.3) is 5.91 Å². The molecule has 1 amide bonds. The molecule has 0 aliphatic carbocycles. The number of halogens is 2. The van der Waals surface area contributed by atoms with Crippen LogP contribution in [0.15, 0.2) is 47.6 Å². The zero-order valence-electron chi connectivity index (χ0n) is 13.1. The van der Waals surface area contributed by atoms with E-state index < -0.39 is 23.6 Å². The molecular formula is C17H16F2N2O3. The summed E-state index contributed by atoms with van der Waals surface area (Å²) < 4.78 is 37.0. The van der Waals surface area contributed by atoms with E-state index in [0.717, 1.165) is 0 Å². The average molecular weight is 334 g/mol. The van der Waals surface area contributed by atoms with Gasteiger partial charge in [0, 0.05) is 0 Å². The van der Waals surface area contributed by atoms with Crippen molar-refractivity contribution < 1.29 is 23.0 Å². The van der Waals surface area contributed by atoms with E-state index in [2.05, 4.69) is 10.5 Å². The van der Waals surface area contributed by atoms with Gasteiger partial charge in [-0.15, -0.1) is 0 Å². The quantitative estimate of drug-likeness (QED) is 0.653. The van der Waals surface area contributed by atoms with Crippen LogP contribution in [0.4, 0.5) is 8.78 Å². The van der Waals surface area contributed by atoms with Gasteiger partial charge in [0.15, 0.2) is 29.2 Å². The molecule has 24 heavy (non-hydrogen) atoms. The fraction of sp³-hybridized carbons (Fsp3) is 0.176. The van der Waals surface area contributed by atoms with Crippen molar-refractivity contribution in [1.29, 1.82) is 0 Å². The normalized spacial score (nSPS) is 12.0. The van der Waals surface area contributed by atoms with E-state index in [1.165, 1.54) is 50.6 Å². The number of carbonyl (C=O) groups is 1. The molecule has 0 aliphatic heterocycles. The molecule has 2 rings (SSSR count). The highest BCUT2D eigenvalue weighted by Gasteiger charge is 2.15. The maximum Gasteiger partial charge on any atom is 0.280 e. The van der Waals surface area contributed by atoms with Gasteiger partial charge in [-0.1, -0.05) is 12.1 Å². The van der Waals surface area contributed by atoms with Crippen LogP contribution in [0.3, 0.4) is 0 Å². The van der Waals surface area contributed by atoms with E-state index in [0.29, 0.717) is 5.56 Å². The number of nitrogens with zero attached hydrogens (tertiary/aromatic N) is 1. The minimum Gasteiger partial charge on any atom is -0.494 e. The lowest BCUT2D eigenvalue weighted by atomic mass is 10.2. The Bertz CT molecular complexity index is 750. The number of benzene rings is 2. The van der Waals surface area contributed by atoms with Gasteiger partial charge in [-0.2, -0.15) is 5.10 Å². The Labute approximate surface area is 137 Å². The third-order valence-corrected chi connectivity index (χ3v) is 3.07. The van der Waals surface area contributed by atoms with Gasteiger partial charge in [0.05, 0.1) is 13.3 Å². The highest BCUT2D eigenvalue weighted by molar-refractivity contribution is 5.84. The van der Waals surface area contributed by atoms with Gasteiger partial charge in [0.2, 0.25) is 0 Å². The minimum absolute atomic E-state index is 0.0265. The molecule has 0 saturated carbocycles. The molecule has 1 atom stereocenters. The number of amides is 1. The van der Waals surface area contributed by atoms with Crippen LogP contribution in [0.25, 0.3) is 0 Å². The van der Waals surface area contributed by atoms with E-state index in [9.17, 15) is 13.6 Å². The molecule has 0 heterocycles. The molecule has 0 aromatic heterocycles. The highest BCUT2D eigenvalue weighted by atomic mass is 19.1. The zero-order valence-corrected chi connectivity index (χ0v) is 13.1. The Hall–Kier alpha value is -2.96. The first kappa shape index (κ1) is 17.4. The van der Waals surface area contributed by atoms with Crippen molar-refractivity contribution in [1.82, 2.24) is 5.43 Å². The molecule has 2 aromatic rings. The summed E-state index contributed by atoms with van der Waals surface area (Å²) in [6.45, 7) is 1.46. The number of methoxy groups -OCH3 is 1. The largest absolute Gasteiger partial charge is 0.494 e. The summed E-state index contributed by atoms with van der Waals surface area (Å²) >= 11 is 0. The van der Waals surface area contributed by atoms with Crippen molar-refractivity contribution in [2.45, 2.75) is 13.0 Å². The van der Waals surface area contributed by atoms with Crippen molar-refractivity contribution in [3.05, 3.63) is 59.7 Å². The van der Waals surface area contributed by atoms with Crippen molar-refractivity contribution in [2.24, 2.45) is 5.10 Å². The highest BCUT2D eigenvalue weighted by Crippen LogP contribution is 2.17. The summed E-state index contributed by atoms with van der Waals surface area (Å²) in [4.78, 5) is 11.8. The number of nitrogens with one attached hydrogen (secondary N) is 1. The van der Waals surface area contributed by atoms with Gasteiger partial charge in [-0.25, -0.2) is 14.2 Å². The van der Waals surface area contributed by atoms with E-state index in [1.807, 2.05) is 0 Å². The number of hydrogen-bond acceptors (Lipinski definition) is 4. The summed E-state index contributed by atoms with van der Waals surface area (Å²) in [6, 6.07) is 10.0. The SMILES string of the molecule is COc1ccc(/C=N\NC(=O)[C@H](C)Oc2ccccc2F)cc1F. The second-order valence-corrected chi connectivity index (χ2v) is 4.82. The van der Waals surface area contributed by atoms with E-state index in [4.69, 9.17) is 9.47 Å². The molecular weight excluding hydrogens is 318 g/mol. The van der Waals surface area contributed by atoms with Crippen molar-refractivity contribution in [3.63, 3.8) is 0 Å². The Balaban J connectivity index is 1.92. The first-order chi connectivity index (χ1) is 11.5. The molecule has 126 valence electrons. The molecule has 0 unspecified atom stereocenters. The van der Waals surface area contributed by atoms with Crippen molar-refractivity contribution in [3.8, 4) is 11.5 Å². The van der Waals surface area contributed by atoms with Gasteiger partial charge < -0.3 is 9.47 Å². The van der Waals surface area contributed by atoms with E-state index in [-0.39, 0.29) is 11.5 Å². The smallest absolute Gasteiger partial charge is 0.280 e. The Kier molecular flexibility index (Phi) is 5.83. The predicted molar refractivity (Wildman–Crippen MR) is 85.2 cm³/mol. The summed E-state index contributed by atoms with van der Waals surface area (Å²) in [5.74, 6) is -1.58. The summed E-state index contributed by atoms with van der Waals surface area (Å²) in [7, 11) is 1.36. The van der Waals surface area contributed by atoms with Crippen LogP contribution in [-0.4, -0.2) is 25.3 Å². The number of hydrazone groups is 1. The molecule has 0 fully saturated rings. The van der Waals surface area contributed by atoms with Crippen LogP contribution in [0, 0.1) is 11.6 Å². The van der Waals surface area contributed by atoms with Crippen LogP contribution in [0.1, 0.15) is 12.5 Å². The number of rotatable bonds is 6. The summed E-state index contributed by atoms with van der Waals surface area (Å²) in [6.07, 6.45) is 0.322. The van der Waals surface area contributed by atoms with E-state index in [1.54, 1.807) is 12.1 Å². The zero-order chi connectivity index (χ0) is 17.5. The maximum absolute atomic E-state index is 13.5. The lowest BCUT2D eigenvalue weighted by Crippen LogP contribution is -2.33. The molecule has 5 nitrogen and oxygen atoms in total. The van der Waals surface area contributed by atoms with Crippen LogP contribution >= 0.6 is 0 Å². The van der Waals surface area contributed by atoms with Crippen LogP contribution in [0.5, 0.6) is 11.5 Å². The number of carbonyl (C=O) groups excluding carboxylic acids is 1. The topological polar surface area (TPSA) is 59.9 Å². The number of ether oxygens (including phenoxy) is 2. The van der Waals surface area contributed by atoms with Gasteiger partial charge in [-0.3, -0.25) is 4.79 Å². The first-order valence-corrected chi connectivity index (χ1v) is 7.09. The Morgan fingerprint density at radius 3 is 2.58 bits per heavy atom. The standard InChI is InChI=1S/C17H16F2N2O3/c1-11(24-16-6-4-3-5-13(16)18)17(22)21-20-10-12-7-8-15(23-2)14(19)9-12/h3-11H,1-2H3,(H,21,22)/b20-10-/t11-/m0/s1. The van der Waals surface area contributed by atoms with Crippen LogP contribution < -0.4 is 14.9 Å². The Morgan fingerprint density at radius 2 is 1.92 bits per heavy atom. The third-order valence-electron chi connectivity index (χ3n) is 3.07. The summed E-state index contributed by atoms with van der Waals surface area (Å²) in [5.41, 5.74) is 2.69. The lowest BCUT2D eigenvalue weighted by Gasteiger charge is -2.13. The average Bonchev–Trinajstić information content (AvgIpc) is 2.57. The molecule has 0 bridgehead atoms. The second-order valence-electron chi connectivity index (χ2n) is 4.82. The molecule has 0 radical (unpaired) electrons. The molecule has 1 N–H and O–H groups in total. The Morgan fingerprint density at radius 1 is 1.17 bits per heavy atom. The van der Waals surface area contributed by atoms with Crippen LogP contribution in [0.2, 0.25) is 0 Å². The number of para-hydroxylation sites is 1. The molecule has 0 spiro atoms. The molecule has 0 aliphatic rings. The van der Waals surface area contributed by atoms with Crippen molar-refractivity contribution in [2.75, 3.05) is 7.11 Å². The summed E-state index contributed by atoms with van der Waals surface area (Å²) in [5, 5.41) is 3.72. The second kappa shape index (κ2) is 8.05.